The molecule has 1 aromatic carbocycles. The fourth-order valence-corrected chi connectivity index (χ4v) is 2.21. The number of rotatable bonds is 4. The summed E-state index contributed by atoms with van der Waals surface area (Å²) in [7, 11) is 3.42. The number of hydrogen-bond acceptors (Lipinski definition) is 3. The molecule has 2 aromatic rings. The van der Waals surface area contributed by atoms with E-state index >= 15 is 0 Å². The lowest BCUT2D eigenvalue weighted by molar-refractivity contribution is 0.0827. The predicted octanol–water partition coefficient (Wildman–Crippen LogP) is 2.11. The van der Waals surface area contributed by atoms with Crippen LogP contribution in [0.2, 0.25) is 0 Å². The fourth-order valence-electron chi connectivity index (χ4n) is 1.86. The SMILES string of the molecule is Cc1[nH]nc(C(=O)NCc2ccc(C(=O)N(C)C)cc2)c1Br. The van der Waals surface area contributed by atoms with Gasteiger partial charge in [0.05, 0.1) is 4.47 Å². The Bertz CT molecular complexity index is 692. The third-order valence-corrected chi connectivity index (χ3v) is 4.12. The van der Waals surface area contributed by atoms with Crippen molar-refractivity contribution in [3.05, 3.63) is 51.3 Å². The number of aryl methyl sites for hydroxylation is 1. The number of halogens is 1. The van der Waals surface area contributed by atoms with Crippen molar-refractivity contribution in [2.75, 3.05) is 14.1 Å². The summed E-state index contributed by atoms with van der Waals surface area (Å²) in [5.74, 6) is -0.309. The second-order valence-electron chi connectivity index (χ2n) is 5.09. The summed E-state index contributed by atoms with van der Waals surface area (Å²) in [5.41, 5.74) is 2.66. The maximum atomic E-state index is 12.0. The number of benzene rings is 1. The molecule has 1 heterocycles. The molecule has 0 aliphatic heterocycles. The number of nitrogens with zero attached hydrogens (tertiary/aromatic N) is 2. The normalized spacial score (nSPS) is 10.4. The van der Waals surface area contributed by atoms with Crippen LogP contribution in [0.4, 0.5) is 0 Å². The average Bonchev–Trinajstić information content (AvgIpc) is 2.84. The molecule has 2 N–H and O–H groups in total. The van der Waals surface area contributed by atoms with Crippen LogP contribution >= 0.6 is 15.9 Å². The van der Waals surface area contributed by atoms with Crippen LogP contribution in [0, 0.1) is 6.92 Å². The summed E-state index contributed by atoms with van der Waals surface area (Å²) in [5, 5.41) is 9.49. The summed E-state index contributed by atoms with van der Waals surface area (Å²) in [6.45, 7) is 2.20. The van der Waals surface area contributed by atoms with Gasteiger partial charge in [-0.3, -0.25) is 14.7 Å². The molecule has 116 valence electrons. The highest BCUT2D eigenvalue weighted by Crippen LogP contribution is 2.17. The van der Waals surface area contributed by atoms with Crippen molar-refractivity contribution in [1.82, 2.24) is 20.4 Å². The highest BCUT2D eigenvalue weighted by molar-refractivity contribution is 9.10. The summed E-state index contributed by atoms with van der Waals surface area (Å²) < 4.78 is 0.664. The Morgan fingerprint density at radius 2 is 1.91 bits per heavy atom. The number of aromatic amines is 1. The van der Waals surface area contributed by atoms with Crippen molar-refractivity contribution in [3.8, 4) is 0 Å². The zero-order valence-electron chi connectivity index (χ0n) is 12.6. The molecule has 0 spiro atoms. The lowest BCUT2D eigenvalue weighted by Crippen LogP contribution is -2.24. The molecule has 0 atom stereocenters. The first-order valence-electron chi connectivity index (χ1n) is 6.69. The van der Waals surface area contributed by atoms with E-state index in [1.807, 2.05) is 19.1 Å². The van der Waals surface area contributed by atoms with Gasteiger partial charge in [-0.1, -0.05) is 12.1 Å². The Morgan fingerprint density at radius 1 is 1.27 bits per heavy atom. The maximum absolute atomic E-state index is 12.0. The van der Waals surface area contributed by atoms with Crippen LogP contribution in [0.1, 0.15) is 32.1 Å². The molecule has 0 saturated carbocycles. The molecule has 22 heavy (non-hydrogen) atoms. The first-order chi connectivity index (χ1) is 10.4. The van der Waals surface area contributed by atoms with Crippen LogP contribution in [0.15, 0.2) is 28.7 Å². The van der Waals surface area contributed by atoms with E-state index in [0.717, 1.165) is 11.3 Å². The van der Waals surface area contributed by atoms with Crippen LogP contribution in [-0.4, -0.2) is 41.0 Å². The first-order valence-corrected chi connectivity index (χ1v) is 7.48. The number of carbonyl (C=O) groups is 2. The molecular weight excluding hydrogens is 348 g/mol. The van der Waals surface area contributed by atoms with Gasteiger partial charge in [0.15, 0.2) is 5.69 Å². The van der Waals surface area contributed by atoms with Crippen LogP contribution in [0.5, 0.6) is 0 Å². The molecule has 0 saturated heterocycles. The molecule has 0 aliphatic carbocycles. The minimum Gasteiger partial charge on any atom is -0.347 e. The standard InChI is InChI=1S/C15H17BrN4O2/c1-9-12(16)13(19-18-9)14(21)17-8-10-4-6-11(7-5-10)15(22)20(2)3/h4-7H,8H2,1-3H3,(H,17,21)(H,18,19). The molecule has 0 unspecified atom stereocenters. The molecule has 0 bridgehead atoms. The Morgan fingerprint density at radius 3 is 2.41 bits per heavy atom. The average molecular weight is 365 g/mol. The van der Waals surface area contributed by atoms with Crippen molar-refractivity contribution in [2.24, 2.45) is 0 Å². The van der Waals surface area contributed by atoms with Crippen LogP contribution in [0.25, 0.3) is 0 Å². The van der Waals surface area contributed by atoms with E-state index in [-0.39, 0.29) is 11.8 Å². The lowest BCUT2D eigenvalue weighted by atomic mass is 10.1. The third kappa shape index (κ3) is 3.54. The smallest absolute Gasteiger partial charge is 0.273 e. The molecule has 0 aliphatic rings. The highest BCUT2D eigenvalue weighted by atomic mass is 79.9. The fraction of sp³-hybridized carbons (Fsp3) is 0.267. The molecule has 2 rings (SSSR count). The Balaban J connectivity index is 1.99. The van der Waals surface area contributed by atoms with Gasteiger partial charge in [0.1, 0.15) is 0 Å². The van der Waals surface area contributed by atoms with E-state index in [1.165, 1.54) is 4.90 Å². The van der Waals surface area contributed by atoms with Gasteiger partial charge in [0.2, 0.25) is 0 Å². The maximum Gasteiger partial charge on any atom is 0.273 e. The van der Waals surface area contributed by atoms with Gasteiger partial charge < -0.3 is 10.2 Å². The van der Waals surface area contributed by atoms with E-state index in [2.05, 4.69) is 31.4 Å². The van der Waals surface area contributed by atoms with Crippen molar-refractivity contribution >= 4 is 27.7 Å². The van der Waals surface area contributed by atoms with Crippen LogP contribution in [-0.2, 0) is 6.54 Å². The lowest BCUT2D eigenvalue weighted by Gasteiger charge is -2.10. The van der Waals surface area contributed by atoms with Crippen molar-refractivity contribution in [2.45, 2.75) is 13.5 Å². The van der Waals surface area contributed by atoms with Crippen molar-refractivity contribution in [1.29, 1.82) is 0 Å². The van der Waals surface area contributed by atoms with Crippen LogP contribution in [0.3, 0.4) is 0 Å². The number of hydrogen-bond donors (Lipinski definition) is 2. The van der Waals surface area contributed by atoms with E-state index in [0.29, 0.717) is 22.3 Å². The molecule has 0 radical (unpaired) electrons. The van der Waals surface area contributed by atoms with Gasteiger partial charge in [-0.15, -0.1) is 0 Å². The summed E-state index contributed by atoms with van der Waals surface area (Å²) in [6.07, 6.45) is 0. The first kappa shape index (κ1) is 16.2. The third-order valence-electron chi connectivity index (χ3n) is 3.15. The minimum absolute atomic E-state index is 0.0495. The zero-order chi connectivity index (χ0) is 16.3. The van der Waals surface area contributed by atoms with Crippen molar-refractivity contribution < 1.29 is 9.59 Å². The van der Waals surface area contributed by atoms with E-state index in [9.17, 15) is 9.59 Å². The highest BCUT2D eigenvalue weighted by Gasteiger charge is 2.15. The summed E-state index contributed by atoms with van der Waals surface area (Å²) in [4.78, 5) is 25.3. The van der Waals surface area contributed by atoms with Gasteiger partial charge in [-0.25, -0.2) is 0 Å². The van der Waals surface area contributed by atoms with E-state index in [4.69, 9.17) is 0 Å². The zero-order valence-corrected chi connectivity index (χ0v) is 14.2. The predicted molar refractivity (Wildman–Crippen MR) is 86.7 cm³/mol. The summed E-state index contributed by atoms with van der Waals surface area (Å²) >= 11 is 3.32. The molecule has 1 aromatic heterocycles. The molecular formula is C15H17BrN4O2. The molecule has 7 heteroatoms. The Hall–Kier alpha value is -2.15. The Labute approximate surface area is 137 Å². The van der Waals surface area contributed by atoms with Gasteiger partial charge in [0, 0.05) is 31.9 Å². The number of amides is 2. The molecule has 0 fully saturated rings. The van der Waals surface area contributed by atoms with Gasteiger partial charge in [-0.2, -0.15) is 5.10 Å². The summed E-state index contributed by atoms with van der Waals surface area (Å²) in [6, 6.07) is 7.14. The van der Waals surface area contributed by atoms with E-state index in [1.54, 1.807) is 26.2 Å². The second-order valence-corrected chi connectivity index (χ2v) is 5.88. The number of carbonyl (C=O) groups excluding carboxylic acids is 2. The largest absolute Gasteiger partial charge is 0.347 e. The topological polar surface area (TPSA) is 78.1 Å². The second kappa shape index (κ2) is 6.74. The number of H-pyrrole nitrogens is 1. The van der Waals surface area contributed by atoms with Crippen molar-refractivity contribution in [3.63, 3.8) is 0 Å². The quantitative estimate of drug-likeness (QED) is 0.871. The number of aromatic nitrogens is 2. The van der Waals surface area contributed by atoms with Gasteiger partial charge >= 0.3 is 0 Å². The van der Waals surface area contributed by atoms with Crippen LogP contribution < -0.4 is 5.32 Å². The Kier molecular flexibility index (Phi) is 4.97. The number of nitrogens with one attached hydrogen (secondary N) is 2. The van der Waals surface area contributed by atoms with Gasteiger partial charge in [-0.05, 0) is 40.5 Å². The molecule has 2 amide bonds. The minimum atomic E-state index is -0.260. The van der Waals surface area contributed by atoms with E-state index < -0.39 is 0 Å². The monoisotopic (exact) mass is 364 g/mol. The van der Waals surface area contributed by atoms with Gasteiger partial charge in [0.25, 0.3) is 11.8 Å². The molecule has 6 nitrogen and oxygen atoms in total.